The van der Waals surface area contributed by atoms with Gasteiger partial charge in [-0.3, -0.25) is 4.79 Å². The number of carbonyl (C=O) groups excluding carboxylic acids is 1. The largest absolute Gasteiger partial charge is 0.490 e. The summed E-state index contributed by atoms with van der Waals surface area (Å²) in [6, 6.07) is 3.53. The Kier molecular flexibility index (Phi) is 5.01. The highest BCUT2D eigenvalue weighted by atomic mass is 35.5. The zero-order valence-electron chi connectivity index (χ0n) is 10.8. The number of carbonyl (C=O) groups is 1. The number of hydrogen-bond acceptors (Lipinski definition) is 4. The summed E-state index contributed by atoms with van der Waals surface area (Å²) in [6.45, 7) is 2.40. The molecule has 0 unspecified atom stereocenters. The fraction of sp³-hybridized carbons (Fsp3) is 0.462. The minimum Gasteiger partial charge on any atom is -0.490 e. The molecule has 1 aliphatic heterocycles. The summed E-state index contributed by atoms with van der Waals surface area (Å²) >= 11 is 6.09. The Morgan fingerprint density at radius 1 is 1.37 bits per heavy atom. The second kappa shape index (κ2) is 6.75. The Morgan fingerprint density at radius 2 is 2.21 bits per heavy atom. The molecule has 19 heavy (non-hydrogen) atoms. The normalized spacial score (nSPS) is 13.3. The number of anilines is 1. The van der Waals surface area contributed by atoms with Gasteiger partial charge in [0.2, 0.25) is 5.91 Å². The third kappa shape index (κ3) is 3.83. The lowest BCUT2D eigenvalue weighted by atomic mass is 10.1. The van der Waals surface area contributed by atoms with Gasteiger partial charge in [-0.15, -0.1) is 0 Å². The monoisotopic (exact) mass is 284 g/mol. The molecule has 1 aromatic rings. The van der Waals surface area contributed by atoms with E-state index in [2.05, 4.69) is 10.6 Å². The van der Waals surface area contributed by atoms with E-state index in [1.807, 2.05) is 13.1 Å². The van der Waals surface area contributed by atoms with Crippen LogP contribution in [0.4, 0.5) is 5.69 Å². The second-order valence-corrected chi connectivity index (χ2v) is 4.64. The molecule has 0 saturated carbocycles. The van der Waals surface area contributed by atoms with Crippen LogP contribution in [0.2, 0.25) is 5.02 Å². The Morgan fingerprint density at radius 3 is 3.00 bits per heavy atom. The zero-order valence-corrected chi connectivity index (χ0v) is 11.5. The van der Waals surface area contributed by atoms with Crippen LogP contribution in [-0.2, 0) is 16.0 Å². The van der Waals surface area contributed by atoms with Crippen LogP contribution in [-0.4, -0.2) is 39.3 Å². The maximum atomic E-state index is 11.3. The molecule has 0 atom stereocenters. The van der Waals surface area contributed by atoms with Gasteiger partial charge < -0.3 is 20.1 Å². The van der Waals surface area contributed by atoms with Crippen molar-refractivity contribution in [3.05, 3.63) is 22.7 Å². The fourth-order valence-electron chi connectivity index (χ4n) is 1.82. The van der Waals surface area contributed by atoms with Crippen molar-refractivity contribution in [3.8, 4) is 5.75 Å². The van der Waals surface area contributed by atoms with Gasteiger partial charge in [0.15, 0.2) is 0 Å². The lowest BCUT2D eigenvalue weighted by molar-refractivity contribution is -0.115. The molecule has 0 aromatic heterocycles. The molecule has 1 amide bonds. The molecular weight excluding hydrogens is 268 g/mol. The van der Waals surface area contributed by atoms with Crippen LogP contribution >= 0.6 is 11.6 Å². The van der Waals surface area contributed by atoms with E-state index in [9.17, 15) is 4.79 Å². The van der Waals surface area contributed by atoms with E-state index >= 15 is 0 Å². The highest BCUT2D eigenvalue weighted by Crippen LogP contribution is 2.34. The highest BCUT2D eigenvalue weighted by Gasteiger charge is 2.19. The van der Waals surface area contributed by atoms with Gasteiger partial charge in [0.25, 0.3) is 0 Å². The van der Waals surface area contributed by atoms with Crippen LogP contribution in [0, 0.1) is 0 Å². The molecule has 1 aliphatic rings. The summed E-state index contributed by atoms with van der Waals surface area (Å²) < 4.78 is 10.9. The fourth-order valence-corrected chi connectivity index (χ4v) is 2.04. The summed E-state index contributed by atoms with van der Waals surface area (Å²) in [4.78, 5) is 11.3. The first-order valence-electron chi connectivity index (χ1n) is 6.18. The van der Waals surface area contributed by atoms with Gasteiger partial charge in [-0.05, 0) is 24.7 Å². The lowest BCUT2D eigenvalue weighted by Crippen LogP contribution is -2.16. The van der Waals surface area contributed by atoms with Crippen LogP contribution in [0.1, 0.15) is 5.56 Å². The van der Waals surface area contributed by atoms with Crippen molar-refractivity contribution in [3.63, 3.8) is 0 Å². The molecule has 0 bridgehead atoms. The molecule has 0 radical (unpaired) electrons. The lowest BCUT2D eigenvalue weighted by Gasteiger charge is -2.10. The second-order valence-electron chi connectivity index (χ2n) is 4.23. The van der Waals surface area contributed by atoms with Crippen LogP contribution in [0.25, 0.3) is 0 Å². The summed E-state index contributed by atoms with van der Waals surface area (Å²) in [5.74, 6) is 0.577. The maximum Gasteiger partial charge on any atom is 0.228 e. The summed E-state index contributed by atoms with van der Waals surface area (Å²) in [5.41, 5.74) is 1.69. The molecule has 6 heteroatoms. The molecular formula is C13H17ClN2O3. The standard InChI is InChI=1S/C13H17ClN2O3/c1-15-2-3-18-4-5-19-12-6-9-7-13(17)16-11(9)8-10(12)14/h6,8,15H,2-5,7H2,1H3,(H,16,17). The number of hydrogen-bond donors (Lipinski definition) is 2. The van der Waals surface area contributed by atoms with Crippen molar-refractivity contribution >= 4 is 23.2 Å². The molecule has 2 N–H and O–H groups in total. The molecule has 5 nitrogen and oxygen atoms in total. The topological polar surface area (TPSA) is 59.6 Å². The van der Waals surface area contributed by atoms with Gasteiger partial charge in [-0.25, -0.2) is 0 Å². The van der Waals surface area contributed by atoms with E-state index in [1.54, 1.807) is 6.07 Å². The van der Waals surface area contributed by atoms with Gasteiger partial charge in [0.1, 0.15) is 12.4 Å². The quantitative estimate of drug-likeness (QED) is 0.744. The van der Waals surface area contributed by atoms with Gasteiger partial charge in [-0.2, -0.15) is 0 Å². The molecule has 0 saturated heterocycles. The van der Waals surface area contributed by atoms with Crippen LogP contribution in [0.3, 0.4) is 0 Å². The SMILES string of the molecule is CNCCOCCOc1cc2c(cc1Cl)NC(=O)C2. The Labute approximate surface area is 117 Å². The number of ether oxygens (including phenoxy) is 2. The predicted octanol–water partition coefficient (Wildman–Crippen LogP) is 1.45. The number of halogens is 1. The Bertz CT molecular complexity index is 465. The first-order chi connectivity index (χ1) is 9.20. The van der Waals surface area contributed by atoms with Gasteiger partial charge >= 0.3 is 0 Å². The van der Waals surface area contributed by atoms with Crippen LogP contribution in [0.5, 0.6) is 5.75 Å². The Balaban J connectivity index is 1.84. The van der Waals surface area contributed by atoms with Crippen molar-refractivity contribution in [2.45, 2.75) is 6.42 Å². The van der Waals surface area contributed by atoms with Crippen molar-refractivity contribution in [2.24, 2.45) is 0 Å². The van der Waals surface area contributed by atoms with E-state index in [4.69, 9.17) is 21.1 Å². The minimum absolute atomic E-state index is 0.0152. The number of benzene rings is 1. The predicted molar refractivity (Wildman–Crippen MR) is 74.0 cm³/mol. The highest BCUT2D eigenvalue weighted by molar-refractivity contribution is 6.32. The van der Waals surface area contributed by atoms with E-state index in [-0.39, 0.29) is 5.91 Å². The van der Waals surface area contributed by atoms with E-state index < -0.39 is 0 Å². The average molecular weight is 285 g/mol. The Hall–Kier alpha value is -1.30. The van der Waals surface area contributed by atoms with Crippen LogP contribution in [0.15, 0.2) is 12.1 Å². The number of amides is 1. The van der Waals surface area contributed by atoms with Crippen molar-refractivity contribution in [1.82, 2.24) is 5.32 Å². The van der Waals surface area contributed by atoms with Gasteiger partial charge in [0, 0.05) is 12.2 Å². The molecule has 2 rings (SSSR count). The third-order valence-corrected chi connectivity index (χ3v) is 3.06. The van der Waals surface area contributed by atoms with Crippen LogP contribution < -0.4 is 15.4 Å². The number of nitrogens with one attached hydrogen (secondary N) is 2. The first kappa shape index (κ1) is 14.1. The van der Waals surface area contributed by atoms with Crippen molar-refractivity contribution < 1.29 is 14.3 Å². The smallest absolute Gasteiger partial charge is 0.228 e. The zero-order chi connectivity index (χ0) is 13.7. The van der Waals surface area contributed by atoms with E-state index in [1.165, 1.54) is 0 Å². The number of likely N-dealkylation sites (N-methyl/N-ethyl adjacent to an activating group) is 1. The minimum atomic E-state index is -0.0152. The van der Waals surface area contributed by atoms with Gasteiger partial charge in [0.05, 0.1) is 24.7 Å². The molecule has 104 valence electrons. The molecule has 0 aliphatic carbocycles. The molecule has 1 heterocycles. The van der Waals surface area contributed by atoms with Gasteiger partial charge in [-0.1, -0.05) is 11.6 Å². The van der Waals surface area contributed by atoms with E-state index in [0.717, 1.165) is 17.8 Å². The summed E-state index contributed by atoms with van der Waals surface area (Å²) in [5, 5.41) is 6.23. The summed E-state index contributed by atoms with van der Waals surface area (Å²) in [7, 11) is 1.87. The molecule has 0 spiro atoms. The third-order valence-electron chi connectivity index (χ3n) is 2.76. The van der Waals surface area contributed by atoms with E-state index in [0.29, 0.717) is 37.0 Å². The van der Waals surface area contributed by atoms with Crippen molar-refractivity contribution in [1.29, 1.82) is 0 Å². The van der Waals surface area contributed by atoms with Crippen molar-refractivity contribution in [2.75, 3.05) is 38.7 Å². The molecule has 0 fully saturated rings. The maximum absolute atomic E-state index is 11.3. The number of fused-ring (bicyclic) bond motifs is 1. The number of rotatable bonds is 7. The average Bonchev–Trinajstić information content (AvgIpc) is 2.72. The first-order valence-corrected chi connectivity index (χ1v) is 6.56. The summed E-state index contributed by atoms with van der Waals surface area (Å²) in [6.07, 6.45) is 0.377. The molecule has 1 aromatic carbocycles.